The van der Waals surface area contributed by atoms with Crippen molar-refractivity contribution in [2.75, 3.05) is 7.11 Å². The molecule has 0 aromatic heterocycles. The van der Waals surface area contributed by atoms with Crippen LogP contribution >= 0.6 is 0 Å². The molecule has 1 aliphatic carbocycles. The zero-order chi connectivity index (χ0) is 12.3. The summed E-state index contributed by atoms with van der Waals surface area (Å²) in [6.45, 7) is 5.65. The zero-order valence-corrected chi connectivity index (χ0v) is 11.1. The van der Waals surface area contributed by atoms with Gasteiger partial charge in [0, 0.05) is 18.6 Å². The zero-order valence-electron chi connectivity index (χ0n) is 11.1. The van der Waals surface area contributed by atoms with Crippen molar-refractivity contribution in [3.63, 3.8) is 0 Å². The summed E-state index contributed by atoms with van der Waals surface area (Å²) in [6.07, 6.45) is 4.14. The van der Waals surface area contributed by atoms with Crippen molar-refractivity contribution in [1.29, 1.82) is 0 Å². The minimum absolute atomic E-state index is 0.627. The molecule has 2 rings (SSSR count). The highest BCUT2D eigenvalue weighted by Crippen LogP contribution is 2.28. The molecule has 1 aromatic rings. The van der Waals surface area contributed by atoms with Gasteiger partial charge in [-0.25, -0.2) is 0 Å². The second-order valence-electron chi connectivity index (χ2n) is 5.20. The van der Waals surface area contributed by atoms with Gasteiger partial charge < -0.3 is 4.74 Å². The summed E-state index contributed by atoms with van der Waals surface area (Å²) < 4.78 is 5.19. The fourth-order valence-electron chi connectivity index (χ4n) is 2.39. The van der Waals surface area contributed by atoms with Gasteiger partial charge in [0.05, 0.1) is 7.11 Å². The van der Waals surface area contributed by atoms with Gasteiger partial charge in [0.2, 0.25) is 0 Å². The Kier molecular flexibility index (Phi) is 4.06. The number of ether oxygens (including phenoxy) is 1. The van der Waals surface area contributed by atoms with E-state index >= 15 is 0 Å². The first kappa shape index (κ1) is 12.4. The molecule has 94 valence electrons. The minimum atomic E-state index is 0.627. The van der Waals surface area contributed by atoms with Crippen LogP contribution in [0.5, 0.6) is 5.75 Å². The number of hydrogen-bond donors (Lipinski definition) is 0. The topological polar surface area (TPSA) is 12.5 Å². The number of rotatable bonds is 5. The maximum absolute atomic E-state index is 5.19. The predicted octanol–water partition coefficient (Wildman–Crippen LogP) is 3.46. The third kappa shape index (κ3) is 3.01. The van der Waals surface area contributed by atoms with Gasteiger partial charge in [-0.05, 0) is 44.4 Å². The van der Waals surface area contributed by atoms with E-state index in [1.165, 1.54) is 24.8 Å². The minimum Gasteiger partial charge on any atom is -0.497 e. The average Bonchev–Trinajstić information content (AvgIpc) is 2.26. The van der Waals surface area contributed by atoms with Crippen molar-refractivity contribution in [2.45, 2.75) is 51.7 Å². The van der Waals surface area contributed by atoms with Crippen LogP contribution in [0, 0.1) is 0 Å². The molecule has 0 bridgehead atoms. The lowest BCUT2D eigenvalue weighted by Gasteiger charge is -2.40. The second-order valence-corrected chi connectivity index (χ2v) is 5.20. The van der Waals surface area contributed by atoms with Gasteiger partial charge in [-0.3, -0.25) is 4.90 Å². The van der Waals surface area contributed by atoms with E-state index in [1.807, 2.05) is 0 Å². The first-order valence-corrected chi connectivity index (χ1v) is 6.59. The summed E-state index contributed by atoms with van der Waals surface area (Å²) in [5.74, 6) is 0.938. The van der Waals surface area contributed by atoms with Gasteiger partial charge in [0.15, 0.2) is 0 Å². The summed E-state index contributed by atoms with van der Waals surface area (Å²) in [4.78, 5) is 2.62. The first-order valence-electron chi connectivity index (χ1n) is 6.59. The summed E-state index contributed by atoms with van der Waals surface area (Å²) >= 11 is 0. The molecule has 1 aliphatic rings. The van der Waals surface area contributed by atoms with Crippen LogP contribution in [0.25, 0.3) is 0 Å². The summed E-state index contributed by atoms with van der Waals surface area (Å²) in [7, 11) is 1.71. The third-order valence-electron chi connectivity index (χ3n) is 3.73. The Balaban J connectivity index is 2.00. The van der Waals surface area contributed by atoms with Crippen molar-refractivity contribution in [2.24, 2.45) is 0 Å². The van der Waals surface area contributed by atoms with E-state index in [4.69, 9.17) is 4.74 Å². The Morgan fingerprint density at radius 1 is 1.24 bits per heavy atom. The van der Waals surface area contributed by atoms with Gasteiger partial charge >= 0.3 is 0 Å². The Bertz CT molecular complexity index is 340. The molecular formula is C15H23NO. The molecule has 1 aromatic carbocycles. The molecule has 0 N–H and O–H groups in total. The van der Waals surface area contributed by atoms with Crippen molar-refractivity contribution < 1.29 is 4.74 Å². The van der Waals surface area contributed by atoms with Crippen LogP contribution in [-0.2, 0) is 6.54 Å². The molecule has 17 heavy (non-hydrogen) atoms. The molecule has 0 spiro atoms. The molecule has 0 radical (unpaired) electrons. The highest BCUT2D eigenvalue weighted by atomic mass is 16.5. The van der Waals surface area contributed by atoms with Gasteiger partial charge in [0.1, 0.15) is 5.75 Å². The van der Waals surface area contributed by atoms with Crippen LogP contribution in [-0.4, -0.2) is 24.1 Å². The molecule has 0 heterocycles. The Hall–Kier alpha value is -1.02. The van der Waals surface area contributed by atoms with Crippen molar-refractivity contribution >= 4 is 0 Å². The molecular weight excluding hydrogens is 210 g/mol. The molecule has 0 saturated heterocycles. The molecule has 0 unspecified atom stereocenters. The van der Waals surface area contributed by atoms with E-state index in [0.29, 0.717) is 6.04 Å². The summed E-state index contributed by atoms with van der Waals surface area (Å²) in [6, 6.07) is 9.88. The van der Waals surface area contributed by atoms with Crippen molar-refractivity contribution in [3.8, 4) is 5.75 Å². The van der Waals surface area contributed by atoms with Gasteiger partial charge in [-0.2, -0.15) is 0 Å². The average molecular weight is 233 g/mol. The number of benzene rings is 1. The van der Waals surface area contributed by atoms with E-state index in [0.717, 1.165) is 18.3 Å². The quantitative estimate of drug-likeness (QED) is 0.772. The maximum Gasteiger partial charge on any atom is 0.118 e. The Labute approximate surface area is 105 Å². The summed E-state index contributed by atoms with van der Waals surface area (Å²) in [5, 5.41) is 0. The van der Waals surface area contributed by atoms with E-state index in [2.05, 4.69) is 43.0 Å². The standard InChI is InChI=1S/C15H23NO/c1-12(2)16(14-5-4-6-14)11-13-7-9-15(17-3)10-8-13/h7-10,12,14H,4-6,11H2,1-3H3. The van der Waals surface area contributed by atoms with Crippen LogP contribution in [0.1, 0.15) is 38.7 Å². The number of methoxy groups -OCH3 is 1. The SMILES string of the molecule is COc1ccc(CN(C(C)C)C2CCC2)cc1. The van der Waals surface area contributed by atoms with E-state index in [9.17, 15) is 0 Å². The second kappa shape index (κ2) is 5.54. The predicted molar refractivity (Wildman–Crippen MR) is 71.3 cm³/mol. The van der Waals surface area contributed by atoms with E-state index < -0.39 is 0 Å². The lowest BCUT2D eigenvalue weighted by Crippen LogP contribution is -2.43. The van der Waals surface area contributed by atoms with Crippen molar-refractivity contribution in [3.05, 3.63) is 29.8 Å². The first-order chi connectivity index (χ1) is 8.20. The maximum atomic E-state index is 5.19. The fraction of sp³-hybridized carbons (Fsp3) is 0.600. The van der Waals surface area contributed by atoms with Gasteiger partial charge in [-0.1, -0.05) is 18.6 Å². The van der Waals surface area contributed by atoms with Crippen LogP contribution in [0.2, 0.25) is 0 Å². The van der Waals surface area contributed by atoms with Crippen LogP contribution in [0.15, 0.2) is 24.3 Å². The normalized spacial score (nSPS) is 16.3. The molecule has 0 amide bonds. The monoisotopic (exact) mass is 233 g/mol. The van der Waals surface area contributed by atoms with Gasteiger partial charge in [0.25, 0.3) is 0 Å². The van der Waals surface area contributed by atoms with Crippen LogP contribution in [0.3, 0.4) is 0 Å². The fourth-order valence-corrected chi connectivity index (χ4v) is 2.39. The molecule has 1 saturated carbocycles. The number of hydrogen-bond acceptors (Lipinski definition) is 2. The van der Waals surface area contributed by atoms with E-state index in [-0.39, 0.29) is 0 Å². The Morgan fingerprint density at radius 3 is 2.29 bits per heavy atom. The lowest BCUT2D eigenvalue weighted by atomic mass is 9.90. The highest BCUT2D eigenvalue weighted by molar-refractivity contribution is 5.27. The Morgan fingerprint density at radius 2 is 1.88 bits per heavy atom. The van der Waals surface area contributed by atoms with Crippen molar-refractivity contribution in [1.82, 2.24) is 4.90 Å². The molecule has 0 aliphatic heterocycles. The van der Waals surface area contributed by atoms with Crippen LogP contribution in [0.4, 0.5) is 0 Å². The van der Waals surface area contributed by atoms with Crippen LogP contribution < -0.4 is 4.74 Å². The smallest absolute Gasteiger partial charge is 0.118 e. The molecule has 2 nitrogen and oxygen atoms in total. The molecule has 1 fully saturated rings. The summed E-state index contributed by atoms with van der Waals surface area (Å²) in [5.41, 5.74) is 1.38. The number of nitrogens with zero attached hydrogens (tertiary/aromatic N) is 1. The largest absolute Gasteiger partial charge is 0.497 e. The lowest BCUT2D eigenvalue weighted by molar-refractivity contribution is 0.0865. The van der Waals surface area contributed by atoms with Gasteiger partial charge in [-0.15, -0.1) is 0 Å². The molecule has 0 atom stereocenters. The molecule has 2 heteroatoms. The third-order valence-corrected chi connectivity index (χ3v) is 3.73. The van der Waals surface area contributed by atoms with E-state index in [1.54, 1.807) is 7.11 Å². The highest BCUT2D eigenvalue weighted by Gasteiger charge is 2.26.